The molecule has 0 bridgehead atoms. The van der Waals surface area contributed by atoms with Crippen molar-refractivity contribution in [3.63, 3.8) is 0 Å². The van der Waals surface area contributed by atoms with Crippen molar-refractivity contribution in [2.24, 2.45) is 0 Å². The van der Waals surface area contributed by atoms with Crippen LogP contribution in [0.1, 0.15) is 12.8 Å². The smallest absolute Gasteiger partial charge is 0.150 e. The molecule has 7 heteroatoms. The highest BCUT2D eigenvalue weighted by molar-refractivity contribution is 14.1. The number of hydrogen-bond acceptors (Lipinski definition) is 5. The number of nitrogens with zero attached hydrogens (tertiary/aromatic N) is 2. The molecule has 0 unspecified atom stereocenters. The summed E-state index contributed by atoms with van der Waals surface area (Å²) in [5, 5.41) is 3.26. The van der Waals surface area contributed by atoms with Gasteiger partial charge < -0.3 is 5.32 Å². The first-order valence-electron chi connectivity index (χ1n) is 4.99. The number of sulfone groups is 1. The number of hydrogen-bond donors (Lipinski definition) is 1. The van der Waals surface area contributed by atoms with E-state index in [1.165, 1.54) is 6.33 Å². The summed E-state index contributed by atoms with van der Waals surface area (Å²) in [5.74, 6) is 1.33. The van der Waals surface area contributed by atoms with E-state index < -0.39 is 9.84 Å². The van der Waals surface area contributed by atoms with Crippen molar-refractivity contribution < 1.29 is 8.42 Å². The number of nitrogens with one attached hydrogen (secondary N) is 1. The Morgan fingerprint density at radius 1 is 1.38 bits per heavy atom. The van der Waals surface area contributed by atoms with Crippen LogP contribution in [0.25, 0.3) is 0 Å². The Bertz CT molecular complexity index is 463. The van der Waals surface area contributed by atoms with Crippen molar-refractivity contribution in [1.82, 2.24) is 9.97 Å². The first-order valence-corrected chi connectivity index (χ1v) is 7.89. The van der Waals surface area contributed by atoms with Crippen LogP contribution in [0, 0.1) is 3.57 Å². The summed E-state index contributed by atoms with van der Waals surface area (Å²) in [6.07, 6.45) is 4.53. The summed E-state index contributed by atoms with van der Waals surface area (Å²) in [6, 6.07) is 0.201. The molecule has 0 radical (unpaired) electrons. The van der Waals surface area contributed by atoms with Gasteiger partial charge in [-0.05, 0) is 35.4 Å². The van der Waals surface area contributed by atoms with Gasteiger partial charge in [0.25, 0.3) is 0 Å². The van der Waals surface area contributed by atoms with Crippen LogP contribution in [0.15, 0.2) is 12.5 Å². The van der Waals surface area contributed by atoms with Gasteiger partial charge in [-0.25, -0.2) is 18.4 Å². The maximum atomic E-state index is 11.3. The van der Waals surface area contributed by atoms with Gasteiger partial charge >= 0.3 is 0 Å². The minimum atomic E-state index is -2.79. The maximum absolute atomic E-state index is 11.3. The zero-order valence-electron chi connectivity index (χ0n) is 8.56. The van der Waals surface area contributed by atoms with Crippen LogP contribution in [-0.4, -0.2) is 35.9 Å². The Labute approximate surface area is 108 Å². The number of rotatable bonds is 2. The highest BCUT2D eigenvalue weighted by Gasteiger charge is 2.23. The fourth-order valence-corrected chi connectivity index (χ4v) is 3.59. The molecule has 0 atom stereocenters. The van der Waals surface area contributed by atoms with E-state index in [2.05, 4.69) is 37.9 Å². The topological polar surface area (TPSA) is 72.0 Å². The molecule has 1 aromatic heterocycles. The van der Waals surface area contributed by atoms with E-state index in [9.17, 15) is 8.42 Å². The Kier molecular flexibility index (Phi) is 3.63. The SMILES string of the molecule is O=S1(=O)CCC(Nc2ncncc2I)CC1. The molecule has 0 amide bonds. The minimum absolute atomic E-state index is 0.201. The average molecular weight is 353 g/mol. The second-order valence-corrected chi connectivity index (χ2v) is 7.26. The standard InChI is InChI=1S/C9H12IN3O2S/c10-8-5-11-6-12-9(8)13-7-1-3-16(14,15)4-2-7/h5-7H,1-4H2,(H,11,12,13). The fourth-order valence-electron chi connectivity index (χ4n) is 1.65. The Hall–Kier alpha value is -0.440. The van der Waals surface area contributed by atoms with Gasteiger partial charge in [0.2, 0.25) is 0 Å². The lowest BCUT2D eigenvalue weighted by atomic mass is 10.1. The summed E-state index contributed by atoms with van der Waals surface area (Å²) < 4.78 is 23.5. The van der Waals surface area contributed by atoms with E-state index in [-0.39, 0.29) is 17.5 Å². The van der Waals surface area contributed by atoms with Crippen LogP contribution in [0.3, 0.4) is 0 Å². The third-order valence-electron chi connectivity index (χ3n) is 2.56. The highest BCUT2D eigenvalue weighted by atomic mass is 127. The second-order valence-electron chi connectivity index (χ2n) is 3.79. The van der Waals surface area contributed by atoms with Crippen molar-refractivity contribution in [3.05, 3.63) is 16.1 Å². The van der Waals surface area contributed by atoms with Gasteiger partial charge in [0.15, 0.2) is 0 Å². The molecule has 5 nitrogen and oxygen atoms in total. The molecular formula is C9H12IN3O2S. The first kappa shape index (κ1) is 12.0. The molecule has 1 saturated heterocycles. The van der Waals surface area contributed by atoms with E-state index in [4.69, 9.17) is 0 Å². The number of halogens is 1. The lowest BCUT2D eigenvalue weighted by molar-refractivity contribution is 0.559. The van der Waals surface area contributed by atoms with Gasteiger partial charge in [-0.15, -0.1) is 0 Å². The molecule has 0 saturated carbocycles. The summed E-state index contributed by atoms with van der Waals surface area (Å²) >= 11 is 2.16. The van der Waals surface area contributed by atoms with Crippen LogP contribution < -0.4 is 5.32 Å². The van der Waals surface area contributed by atoms with E-state index in [0.717, 1.165) is 9.39 Å². The quantitative estimate of drug-likeness (QED) is 0.806. The summed E-state index contributed by atoms with van der Waals surface area (Å²) in [6.45, 7) is 0. The predicted octanol–water partition coefficient (Wildman–Crippen LogP) is 1.07. The Balaban J connectivity index is 2.00. The lowest BCUT2D eigenvalue weighted by Gasteiger charge is -2.23. The van der Waals surface area contributed by atoms with Crippen molar-refractivity contribution in [2.45, 2.75) is 18.9 Å². The molecule has 88 valence electrons. The summed E-state index contributed by atoms with van der Waals surface area (Å²) in [5.41, 5.74) is 0. The highest BCUT2D eigenvalue weighted by Crippen LogP contribution is 2.19. The summed E-state index contributed by atoms with van der Waals surface area (Å²) in [7, 11) is -2.79. The number of aromatic nitrogens is 2. The molecule has 1 aliphatic heterocycles. The molecule has 0 aromatic carbocycles. The normalized spacial score (nSPS) is 20.6. The van der Waals surface area contributed by atoms with Crippen LogP contribution >= 0.6 is 22.6 Å². The Morgan fingerprint density at radius 3 is 2.69 bits per heavy atom. The predicted molar refractivity (Wildman–Crippen MR) is 70.0 cm³/mol. The van der Waals surface area contributed by atoms with E-state index >= 15 is 0 Å². The van der Waals surface area contributed by atoms with Crippen molar-refractivity contribution in [3.8, 4) is 0 Å². The first-order chi connectivity index (χ1) is 7.57. The third-order valence-corrected chi connectivity index (χ3v) is 5.07. The maximum Gasteiger partial charge on any atom is 0.150 e. The van der Waals surface area contributed by atoms with Gasteiger partial charge in [-0.1, -0.05) is 0 Å². The summed E-state index contributed by atoms with van der Waals surface area (Å²) in [4.78, 5) is 8.04. The molecule has 16 heavy (non-hydrogen) atoms. The van der Waals surface area contributed by atoms with E-state index in [1.807, 2.05) is 0 Å². The molecular weight excluding hydrogens is 341 g/mol. The second kappa shape index (κ2) is 4.82. The molecule has 0 spiro atoms. The van der Waals surface area contributed by atoms with Gasteiger partial charge in [-0.3, -0.25) is 0 Å². The molecule has 1 N–H and O–H groups in total. The molecule has 1 aliphatic rings. The zero-order valence-corrected chi connectivity index (χ0v) is 11.5. The third kappa shape index (κ3) is 3.03. The molecule has 0 aliphatic carbocycles. The molecule has 2 rings (SSSR count). The number of anilines is 1. The van der Waals surface area contributed by atoms with Gasteiger partial charge in [0.1, 0.15) is 22.0 Å². The molecule has 1 fully saturated rings. The van der Waals surface area contributed by atoms with Crippen LogP contribution in [-0.2, 0) is 9.84 Å². The van der Waals surface area contributed by atoms with E-state index in [0.29, 0.717) is 12.8 Å². The molecule has 1 aromatic rings. The van der Waals surface area contributed by atoms with Crippen molar-refractivity contribution in [1.29, 1.82) is 0 Å². The lowest BCUT2D eigenvalue weighted by Crippen LogP contribution is -2.32. The van der Waals surface area contributed by atoms with Crippen LogP contribution in [0.4, 0.5) is 5.82 Å². The minimum Gasteiger partial charge on any atom is -0.366 e. The zero-order chi connectivity index (χ0) is 11.6. The monoisotopic (exact) mass is 353 g/mol. The van der Waals surface area contributed by atoms with Crippen LogP contribution in [0.2, 0.25) is 0 Å². The van der Waals surface area contributed by atoms with Crippen LogP contribution in [0.5, 0.6) is 0 Å². The van der Waals surface area contributed by atoms with E-state index in [1.54, 1.807) is 6.20 Å². The van der Waals surface area contributed by atoms with Crippen molar-refractivity contribution in [2.75, 3.05) is 16.8 Å². The van der Waals surface area contributed by atoms with Crippen molar-refractivity contribution >= 4 is 38.2 Å². The average Bonchev–Trinajstić information content (AvgIpc) is 2.24. The van der Waals surface area contributed by atoms with Gasteiger partial charge in [-0.2, -0.15) is 0 Å². The van der Waals surface area contributed by atoms with Gasteiger partial charge in [0, 0.05) is 12.2 Å². The Morgan fingerprint density at radius 2 is 2.06 bits per heavy atom. The fraction of sp³-hybridized carbons (Fsp3) is 0.556. The molecule has 2 heterocycles. The largest absolute Gasteiger partial charge is 0.366 e. The van der Waals surface area contributed by atoms with Gasteiger partial charge in [0.05, 0.1) is 15.1 Å².